The van der Waals surface area contributed by atoms with Crippen molar-refractivity contribution in [1.29, 1.82) is 0 Å². The number of benzene rings is 6. The van der Waals surface area contributed by atoms with E-state index in [4.69, 9.17) is 20.6 Å². The Morgan fingerprint density at radius 2 is 0.565 bits per heavy atom. The molecule has 0 aliphatic heterocycles. The zero-order valence-electron chi connectivity index (χ0n) is 24.6. The second kappa shape index (κ2) is 24.4. The Morgan fingerprint density at radius 1 is 0.435 bits per heavy atom. The number of carbonyl (C=O) groups excluding carboxylic acids is 1. The Bertz CT molecular complexity index is 1290. The fraction of sp³-hybridized carbons (Fsp3) is 0. The SMILES string of the molecule is O=[C-]OO.[Cl][Os].[N-]=O.c1ccc(P(c2ccccc2)c2ccccc2)cc1.c1ccc(P(c2ccccc2)c2ccccc2)cc1. The molecule has 0 aliphatic rings. The summed E-state index contributed by atoms with van der Waals surface area (Å²) in [6.07, 6.45) is 0. The van der Waals surface area contributed by atoms with Crippen molar-refractivity contribution < 1.29 is 32.5 Å². The molecule has 6 aromatic rings. The first-order valence-electron chi connectivity index (χ1n) is 13.7. The van der Waals surface area contributed by atoms with Crippen LogP contribution in [-0.4, -0.2) is 11.7 Å². The molecule has 1 N–H and O–H groups in total. The van der Waals surface area contributed by atoms with E-state index in [1.165, 1.54) is 49.4 Å². The Morgan fingerprint density at radius 3 is 0.674 bits per heavy atom. The minimum atomic E-state index is -0.446. The first-order valence-corrected chi connectivity index (χ1v) is 19.5. The molecule has 5 nitrogen and oxygen atoms in total. The fourth-order valence-electron chi connectivity index (χ4n) is 4.36. The van der Waals surface area contributed by atoms with Gasteiger partial charge in [0.25, 0.3) is 0 Å². The first-order chi connectivity index (χ1) is 22.8. The van der Waals surface area contributed by atoms with Gasteiger partial charge in [-0.3, -0.25) is 0 Å². The summed E-state index contributed by atoms with van der Waals surface area (Å²) in [5, 5.41) is 15.3. The van der Waals surface area contributed by atoms with Crippen molar-refractivity contribution in [3.05, 3.63) is 192 Å². The van der Waals surface area contributed by atoms with Crippen molar-refractivity contribution >= 4 is 63.8 Å². The van der Waals surface area contributed by atoms with Gasteiger partial charge in [0.05, 0.1) is 0 Å². The van der Waals surface area contributed by atoms with Gasteiger partial charge >= 0.3 is 27.2 Å². The quantitative estimate of drug-likeness (QED) is 0.0785. The summed E-state index contributed by atoms with van der Waals surface area (Å²) in [4.78, 5) is 18.6. The van der Waals surface area contributed by atoms with Crippen molar-refractivity contribution in [2.24, 2.45) is 0 Å². The smallest absolute Gasteiger partial charge is 0.0134 e. The maximum Gasteiger partial charge on any atom is -0.0134 e. The van der Waals surface area contributed by atoms with Gasteiger partial charge in [-0.05, 0) is 54.1 Å². The summed E-state index contributed by atoms with van der Waals surface area (Å²) in [6, 6.07) is 64.7. The average molecular weight is 841 g/mol. The van der Waals surface area contributed by atoms with Gasteiger partial charge < -0.3 is 20.2 Å². The molecule has 0 heterocycles. The van der Waals surface area contributed by atoms with Crippen LogP contribution in [-0.2, 0) is 27.3 Å². The molecule has 6 aromatic carbocycles. The monoisotopic (exact) mass is 842 g/mol. The van der Waals surface area contributed by atoms with Gasteiger partial charge in [0, 0.05) is 0 Å². The third-order valence-corrected chi connectivity index (χ3v) is 11.0. The van der Waals surface area contributed by atoms with Gasteiger partial charge in [0.15, 0.2) is 0 Å². The minimum Gasteiger partial charge on any atom is -0.577 e. The summed E-state index contributed by atoms with van der Waals surface area (Å²) in [5.41, 5.74) is 5.75. The molecule has 0 unspecified atom stereocenters. The van der Waals surface area contributed by atoms with Gasteiger partial charge in [-0.15, -0.1) is 0 Å². The number of hydrogen-bond acceptors (Lipinski definition) is 4. The molecule has 0 saturated heterocycles. The second-order valence-corrected chi connectivity index (χ2v) is 13.3. The molecule has 0 radical (unpaired) electrons. The molecule has 0 fully saturated rings. The first kappa shape index (κ1) is 38.3. The number of rotatable bonds is 7. The van der Waals surface area contributed by atoms with Crippen molar-refractivity contribution in [2.45, 2.75) is 0 Å². The summed E-state index contributed by atoms with van der Waals surface area (Å²) in [7, 11) is 3.77. The van der Waals surface area contributed by atoms with E-state index in [0.717, 1.165) is 6.47 Å². The number of nitrogens with zero attached hydrogens (tertiary/aromatic N) is 1. The van der Waals surface area contributed by atoms with E-state index >= 15 is 0 Å². The molecule has 0 spiro atoms. The predicted molar refractivity (Wildman–Crippen MR) is 192 cm³/mol. The molecule has 9 heteroatoms. The van der Waals surface area contributed by atoms with Crippen LogP contribution in [0.25, 0.3) is 5.59 Å². The van der Waals surface area contributed by atoms with Crippen LogP contribution >= 0.6 is 25.5 Å². The Balaban J connectivity index is 0.000000262. The molecule has 0 aliphatic carbocycles. The van der Waals surface area contributed by atoms with Gasteiger partial charge in [0.2, 0.25) is 0 Å². The fourth-order valence-corrected chi connectivity index (χ4v) is 8.97. The normalized spacial score (nSPS) is 9.41. The summed E-state index contributed by atoms with van der Waals surface area (Å²) in [5.74, 6) is 0. The molecule has 0 bridgehead atoms. The van der Waals surface area contributed by atoms with Crippen LogP contribution in [0.5, 0.6) is 0 Å². The molecule has 0 aromatic heterocycles. The molecule has 46 heavy (non-hydrogen) atoms. The Kier molecular flexibility index (Phi) is 20.3. The van der Waals surface area contributed by atoms with Crippen LogP contribution in [0.2, 0.25) is 0 Å². The number of hydrogen-bond donors (Lipinski definition) is 1. The van der Waals surface area contributed by atoms with E-state index in [1.807, 2.05) is 0 Å². The summed E-state index contributed by atoms with van der Waals surface area (Å²) < 4.78 is 0. The zero-order chi connectivity index (χ0) is 33.2. The molecule has 6 rings (SSSR count). The van der Waals surface area contributed by atoms with Crippen LogP contribution in [0, 0.1) is 4.91 Å². The molecular weight excluding hydrogens is 810 g/mol. The Hall–Kier alpha value is -3.86. The van der Waals surface area contributed by atoms with Gasteiger partial charge in [-0.25, -0.2) is 5.26 Å². The maximum atomic E-state index is 8.58. The maximum absolute atomic E-state index is 8.58. The van der Waals surface area contributed by atoms with Crippen LogP contribution in [0.3, 0.4) is 0 Å². The summed E-state index contributed by atoms with van der Waals surface area (Å²) >= 11 is 1.33. The molecular formula is C37H31ClNO4OsP2-2. The van der Waals surface area contributed by atoms with E-state index in [9.17, 15) is 0 Å². The van der Waals surface area contributed by atoms with Crippen molar-refractivity contribution in [3.63, 3.8) is 0 Å². The standard InChI is InChI=1S/2C18H15P.CHO3.ClH.NO.Os/c2*1-4-10-16(11-5-1)19(17-12-6-2-7-13-17)18-14-8-3-9-15-18;2-1-4-3;;1-2;/h2*1-15H;3H;1H;;/q;;-1;;-1;+1/p-1. The molecule has 0 amide bonds. The van der Waals surface area contributed by atoms with Crippen LogP contribution in [0.1, 0.15) is 0 Å². The largest absolute Gasteiger partial charge is 0.577 e. The van der Waals surface area contributed by atoms with E-state index in [1.54, 1.807) is 0 Å². The van der Waals surface area contributed by atoms with Crippen LogP contribution < -0.4 is 31.8 Å². The van der Waals surface area contributed by atoms with E-state index in [-0.39, 0.29) is 0 Å². The van der Waals surface area contributed by atoms with E-state index < -0.39 is 15.8 Å². The molecule has 0 saturated carbocycles. The van der Waals surface area contributed by atoms with E-state index in [2.05, 4.69) is 197 Å². The topological polar surface area (TPSA) is 85.9 Å². The van der Waals surface area contributed by atoms with Crippen molar-refractivity contribution in [2.75, 3.05) is 0 Å². The third kappa shape index (κ3) is 12.9. The van der Waals surface area contributed by atoms with Gasteiger partial charge in [-0.2, -0.15) is 0 Å². The minimum absolute atomic E-state index is 0.446. The van der Waals surface area contributed by atoms with Crippen molar-refractivity contribution in [3.8, 4) is 0 Å². The number of nitroso groups, excluding NO2 is 1. The van der Waals surface area contributed by atoms with Crippen LogP contribution in [0.4, 0.5) is 0 Å². The van der Waals surface area contributed by atoms with Gasteiger partial charge in [-0.1, -0.05) is 182 Å². The van der Waals surface area contributed by atoms with Crippen molar-refractivity contribution in [1.82, 2.24) is 0 Å². The van der Waals surface area contributed by atoms with Gasteiger partial charge in [0.1, 0.15) is 0 Å². The second-order valence-electron chi connectivity index (χ2n) is 8.86. The summed E-state index contributed by atoms with van der Waals surface area (Å²) in [6.45, 7) is 0.736. The molecule has 235 valence electrons. The number of halogens is 1. The Labute approximate surface area is 287 Å². The average Bonchev–Trinajstić information content (AvgIpc) is 3.17. The third-order valence-electron chi connectivity index (χ3n) is 6.12. The predicted octanol–water partition coefficient (Wildman–Crippen LogP) is 7.44. The molecule has 0 atom stereocenters. The van der Waals surface area contributed by atoms with Crippen LogP contribution in [0.15, 0.2) is 182 Å². The zero-order valence-corrected chi connectivity index (χ0v) is 29.7. The van der Waals surface area contributed by atoms with E-state index in [0.29, 0.717) is 0 Å².